The molecule has 1 heterocycles. The Hall–Kier alpha value is -0.940. The summed E-state index contributed by atoms with van der Waals surface area (Å²) in [6.45, 7) is 3.81. The van der Waals surface area contributed by atoms with Crippen molar-refractivity contribution in [1.82, 2.24) is 4.90 Å². The summed E-state index contributed by atoms with van der Waals surface area (Å²) in [5.41, 5.74) is 0. The van der Waals surface area contributed by atoms with Gasteiger partial charge < -0.3 is 9.47 Å². The summed E-state index contributed by atoms with van der Waals surface area (Å²) < 4.78 is 9.83. The van der Waals surface area contributed by atoms with Crippen LogP contribution in [0.2, 0.25) is 0 Å². The molecule has 1 unspecified atom stereocenters. The summed E-state index contributed by atoms with van der Waals surface area (Å²) in [7, 11) is 1.56. The van der Waals surface area contributed by atoms with Crippen molar-refractivity contribution >= 4 is 11.8 Å². The summed E-state index contributed by atoms with van der Waals surface area (Å²) in [5.74, 6) is 0.0302. The predicted molar refractivity (Wildman–Crippen MR) is 58.1 cm³/mol. The summed E-state index contributed by atoms with van der Waals surface area (Å²) in [6.07, 6.45) is 1.07. The Labute approximate surface area is 95.7 Å². The van der Waals surface area contributed by atoms with Crippen molar-refractivity contribution in [2.24, 2.45) is 0 Å². The summed E-state index contributed by atoms with van der Waals surface area (Å²) in [5, 5.41) is 0. The van der Waals surface area contributed by atoms with Crippen molar-refractivity contribution in [2.45, 2.75) is 25.8 Å². The molecule has 1 fully saturated rings. The third-order valence-electron chi connectivity index (χ3n) is 2.78. The Bertz CT molecular complexity index is 244. The number of hydrogen-bond donors (Lipinski definition) is 0. The predicted octanol–water partition coefficient (Wildman–Crippen LogP) is 0.229. The molecule has 0 aromatic heterocycles. The number of esters is 1. The molecule has 0 N–H and O–H groups in total. The van der Waals surface area contributed by atoms with Gasteiger partial charge in [0.2, 0.25) is 0 Å². The average Bonchev–Trinajstić information content (AvgIpc) is 2.29. The van der Waals surface area contributed by atoms with E-state index in [0.29, 0.717) is 32.5 Å². The van der Waals surface area contributed by atoms with E-state index in [1.807, 2.05) is 11.8 Å². The fourth-order valence-electron chi connectivity index (χ4n) is 1.66. The van der Waals surface area contributed by atoms with Gasteiger partial charge in [0.05, 0.1) is 6.61 Å². The smallest absolute Gasteiger partial charge is 0.323 e. The van der Waals surface area contributed by atoms with Crippen molar-refractivity contribution in [3.63, 3.8) is 0 Å². The minimum Gasteiger partial charge on any atom is -0.462 e. The molecule has 0 spiro atoms. The van der Waals surface area contributed by atoms with Gasteiger partial charge in [-0.15, -0.1) is 0 Å². The van der Waals surface area contributed by atoms with Crippen LogP contribution in [0.15, 0.2) is 0 Å². The van der Waals surface area contributed by atoms with E-state index in [1.165, 1.54) is 0 Å². The topological polar surface area (TPSA) is 55.8 Å². The van der Waals surface area contributed by atoms with Gasteiger partial charge in [-0.3, -0.25) is 14.5 Å². The minimum atomic E-state index is -0.273. The summed E-state index contributed by atoms with van der Waals surface area (Å²) >= 11 is 0. The number of carbonyl (C=O) groups is 2. The lowest BCUT2D eigenvalue weighted by atomic mass is 10.1. The van der Waals surface area contributed by atoms with Gasteiger partial charge in [0.25, 0.3) is 0 Å². The molecule has 1 rings (SSSR count). The van der Waals surface area contributed by atoms with E-state index < -0.39 is 0 Å². The van der Waals surface area contributed by atoms with E-state index in [2.05, 4.69) is 0 Å². The summed E-state index contributed by atoms with van der Waals surface area (Å²) in [4.78, 5) is 24.6. The Morgan fingerprint density at radius 3 is 2.56 bits per heavy atom. The van der Waals surface area contributed by atoms with Crippen LogP contribution >= 0.6 is 0 Å². The molecule has 0 radical (unpaired) electrons. The van der Waals surface area contributed by atoms with Crippen molar-refractivity contribution in [3.05, 3.63) is 0 Å². The standard InChI is InChI=1S/C11H19NO4/c1-9(11(14)16-8-7-15-2)12-5-3-10(13)4-6-12/h9H,3-8H2,1-2H3. The van der Waals surface area contributed by atoms with E-state index in [0.717, 1.165) is 0 Å². The summed E-state index contributed by atoms with van der Waals surface area (Å²) in [6, 6.07) is -0.273. The molecular formula is C11H19NO4. The van der Waals surface area contributed by atoms with Gasteiger partial charge in [-0.25, -0.2) is 0 Å². The van der Waals surface area contributed by atoms with Crippen LogP contribution in [-0.4, -0.2) is 56.1 Å². The molecule has 16 heavy (non-hydrogen) atoms. The van der Waals surface area contributed by atoms with Gasteiger partial charge in [0.15, 0.2) is 0 Å². The van der Waals surface area contributed by atoms with Gasteiger partial charge in [-0.2, -0.15) is 0 Å². The third kappa shape index (κ3) is 3.90. The first kappa shape index (κ1) is 13.1. The third-order valence-corrected chi connectivity index (χ3v) is 2.78. The molecule has 0 saturated carbocycles. The van der Waals surface area contributed by atoms with Crippen molar-refractivity contribution < 1.29 is 19.1 Å². The van der Waals surface area contributed by atoms with Crippen molar-refractivity contribution in [1.29, 1.82) is 0 Å². The molecule has 5 nitrogen and oxygen atoms in total. The van der Waals surface area contributed by atoms with E-state index in [4.69, 9.17) is 9.47 Å². The van der Waals surface area contributed by atoms with Crippen LogP contribution in [0, 0.1) is 0 Å². The van der Waals surface area contributed by atoms with E-state index in [-0.39, 0.29) is 24.4 Å². The number of piperidine rings is 1. The lowest BCUT2D eigenvalue weighted by molar-refractivity contribution is -0.151. The maximum atomic E-state index is 11.6. The first-order chi connectivity index (χ1) is 7.65. The van der Waals surface area contributed by atoms with Crippen molar-refractivity contribution in [2.75, 3.05) is 33.4 Å². The lowest BCUT2D eigenvalue weighted by Gasteiger charge is -2.30. The van der Waals surface area contributed by atoms with E-state index >= 15 is 0 Å². The molecule has 92 valence electrons. The molecular weight excluding hydrogens is 210 g/mol. The Kier molecular flexibility index (Phi) is 5.42. The highest BCUT2D eigenvalue weighted by Crippen LogP contribution is 2.10. The fraction of sp³-hybridized carbons (Fsp3) is 0.818. The van der Waals surface area contributed by atoms with Crippen LogP contribution in [-0.2, 0) is 19.1 Å². The molecule has 0 aliphatic carbocycles. The second kappa shape index (κ2) is 6.60. The zero-order valence-corrected chi connectivity index (χ0v) is 9.90. The Balaban J connectivity index is 2.29. The van der Waals surface area contributed by atoms with Crippen LogP contribution in [0.5, 0.6) is 0 Å². The van der Waals surface area contributed by atoms with Gasteiger partial charge in [-0.1, -0.05) is 0 Å². The van der Waals surface area contributed by atoms with Gasteiger partial charge in [0, 0.05) is 33.0 Å². The minimum absolute atomic E-state index is 0.244. The molecule has 0 bridgehead atoms. The molecule has 1 atom stereocenters. The van der Waals surface area contributed by atoms with Crippen LogP contribution in [0.3, 0.4) is 0 Å². The van der Waals surface area contributed by atoms with E-state index in [9.17, 15) is 9.59 Å². The maximum Gasteiger partial charge on any atom is 0.323 e. The number of rotatable bonds is 5. The first-order valence-electron chi connectivity index (χ1n) is 5.56. The normalized spacial score (nSPS) is 19.5. The molecule has 0 amide bonds. The second-order valence-electron chi connectivity index (χ2n) is 3.91. The fourth-order valence-corrected chi connectivity index (χ4v) is 1.66. The second-order valence-corrected chi connectivity index (χ2v) is 3.91. The zero-order chi connectivity index (χ0) is 12.0. The molecule has 5 heteroatoms. The number of nitrogens with zero attached hydrogens (tertiary/aromatic N) is 1. The number of ketones is 1. The number of ether oxygens (including phenoxy) is 2. The zero-order valence-electron chi connectivity index (χ0n) is 9.90. The monoisotopic (exact) mass is 229 g/mol. The largest absolute Gasteiger partial charge is 0.462 e. The van der Waals surface area contributed by atoms with Gasteiger partial charge >= 0.3 is 5.97 Å². The SMILES string of the molecule is COCCOC(=O)C(C)N1CCC(=O)CC1. The quantitative estimate of drug-likeness (QED) is 0.499. The molecule has 0 aromatic carbocycles. The van der Waals surface area contributed by atoms with Crippen LogP contribution in [0.4, 0.5) is 0 Å². The average molecular weight is 229 g/mol. The molecule has 1 aliphatic heterocycles. The Morgan fingerprint density at radius 1 is 1.38 bits per heavy atom. The maximum absolute atomic E-state index is 11.6. The highest BCUT2D eigenvalue weighted by atomic mass is 16.6. The van der Waals surface area contributed by atoms with E-state index in [1.54, 1.807) is 7.11 Å². The number of likely N-dealkylation sites (tertiary alicyclic amines) is 1. The van der Waals surface area contributed by atoms with Gasteiger partial charge in [0.1, 0.15) is 18.4 Å². The van der Waals surface area contributed by atoms with Crippen LogP contribution < -0.4 is 0 Å². The molecule has 1 saturated heterocycles. The van der Waals surface area contributed by atoms with Crippen LogP contribution in [0.25, 0.3) is 0 Å². The van der Waals surface area contributed by atoms with Crippen LogP contribution in [0.1, 0.15) is 19.8 Å². The molecule has 1 aliphatic rings. The lowest BCUT2D eigenvalue weighted by Crippen LogP contribution is -2.45. The molecule has 0 aromatic rings. The Morgan fingerprint density at radius 2 is 2.00 bits per heavy atom. The number of carbonyl (C=O) groups excluding carboxylic acids is 2. The number of hydrogen-bond acceptors (Lipinski definition) is 5. The van der Waals surface area contributed by atoms with Crippen molar-refractivity contribution in [3.8, 4) is 0 Å². The highest BCUT2D eigenvalue weighted by Gasteiger charge is 2.26. The number of Topliss-reactive ketones (excluding diaryl/α,β-unsaturated/α-hetero) is 1. The number of methoxy groups -OCH3 is 1. The highest BCUT2D eigenvalue weighted by molar-refractivity contribution is 5.80. The first-order valence-corrected chi connectivity index (χ1v) is 5.56. The van der Waals surface area contributed by atoms with Gasteiger partial charge in [-0.05, 0) is 6.92 Å².